The van der Waals surface area contributed by atoms with E-state index in [1.54, 1.807) is 0 Å². The van der Waals surface area contributed by atoms with Gasteiger partial charge in [0.1, 0.15) is 12.4 Å². The minimum Gasteiger partial charge on any atom is -0.487 e. The van der Waals surface area contributed by atoms with Crippen molar-refractivity contribution in [1.29, 1.82) is 0 Å². The molecule has 0 saturated carbocycles. The summed E-state index contributed by atoms with van der Waals surface area (Å²) in [4.78, 5) is 4.42. The molecule has 0 unspecified atom stereocenters. The standard InChI is InChI=1S/C25H35NO/c1-16(2)13-20-14-22(17(3)4)25(24(19(7)8)23(20)18(5)6)27-15-21-11-9-10-12-26-21/h9-12,14,16-19H,15H2,1-8H3. The van der Waals surface area contributed by atoms with Gasteiger partial charge in [-0.1, -0.05) is 67.5 Å². The Morgan fingerprint density at radius 1 is 0.889 bits per heavy atom. The number of hydrogen-bond acceptors (Lipinski definition) is 2. The zero-order valence-electron chi connectivity index (χ0n) is 18.3. The van der Waals surface area contributed by atoms with Gasteiger partial charge in [0.05, 0.1) is 5.69 Å². The molecule has 0 amide bonds. The van der Waals surface area contributed by atoms with Gasteiger partial charge in [0.25, 0.3) is 0 Å². The first kappa shape index (κ1) is 21.5. The molecule has 0 fully saturated rings. The van der Waals surface area contributed by atoms with E-state index in [0.29, 0.717) is 30.3 Å². The van der Waals surface area contributed by atoms with Crippen LogP contribution in [0.25, 0.3) is 0 Å². The molecule has 0 saturated heterocycles. The van der Waals surface area contributed by atoms with Gasteiger partial charge in [0.15, 0.2) is 0 Å². The molecule has 1 aromatic carbocycles. The number of rotatable bonds is 8. The topological polar surface area (TPSA) is 22.1 Å². The van der Waals surface area contributed by atoms with E-state index in [9.17, 15) is 0 Å². The second kappa shape index (κ2) is 9.39. The molecular weight excluding hydrogens is 330 g/mol. The number of benzene rings is 1. The Kier molecular flexibility index (Phi) is 7.47. The first-order chi connectivity index (χ1) is 12.7. The highest BCUT2D eigenvalue weighted by Crippen LogP contribution is 2.43. The lowest BCUT2D eigenvalue weighted by Crippen LogP contribution is -2.12. The van der Waals surface area contributed by atoms with Crippen LogP contribution in [0.2, 0.25) is 0 Å². The highest BCUT2D eigenvalue weighted by molar-refractivity contribution is 5.56. The smallest absolute Gasteiger partial charge is 0.130 e. The maximum atomic E-state index is 6.44. The Labute approximate surface area is 166 Å². The van der Waals surface area contributed by atoms with Gasteiger partial charge in [-0.25, -0.2) is 0 Å². The van der Waals surface area contributed by atoms with Crippen molar-refractivity contribution < 1.29 is 4.74 Å². The van der Waals surface area contributed by atoms with E-state index < -0.39 is 0 Å². The number of hydrogen-bond donors (Lipinski definition) is 0. The fourth-order valence-corrected chi connectivity index (χ4v) is 3.57. The molecule has 0 aliphatic rings. The van der Waals surface area contributed by atoms with Crippen molar-refractivity contribution >= 4 is 0 Å². The number of pyridine rings is 1. The second-order valence-electron chi connectivity index (χ2n) is 8.54. The Morgan fingerprint density at radius 3 is 2.04 bits per heavy atom. The van der Waals surface area contributed by atoms with Crippen molar-refractivity contribution in [2.24, 2.45) is 5.92 Å². The summed E-state index contributed by atoms with van der Waals surface area (Å²) >= 11 is 0. The van der Waals surface area contributed by atoms with Crippen molar-refractivity contribution in [3.05, 3.63) is 64.8 Å². The average Bonchev–Trinajstić information content (AvgIpc) is 2.59. The number of ether oxygens (including phenoxy) is 1. The zero-order valence-corrected chi connectivity index (χ0v) is 18.3. The van der Waals surface area contributed by atoms with Crippen molar-refractivity contribution in [3.63, 3.8) is 0 Å². The molecule has 0 aliphatic carbocycles. The van der Waals surface area contributed by atoms with Crippen LogP contribution in [0.4, 0.5) is 0 Å². The van der Waals surface area contributed by atoms with Crippen LogP contribution in [0, 0.1) is 12.3 Å². The van der Waals surface area contributed by atoms with Crippen LogP contribution >= 0.6 is 0 Å². The monoisotopic (exact) mass is 365 g/mol. The fourth-order valence-electron chi connectivity index (χ4n) is 3.57. The van der Waals surface area contributed by atoms with Gasteiger partial charge in [-0.2, -0.15) is 0 Å². The highest BCUT2D eigenvalue weighted by atomic mass is 16.5. The molecule has 2 heteroatoms. The van der Waals surface area contributed by atoms with Crippen LogP contribution in [-0.4, -0.2) is 4.98 Å². The average molecular weight is 366 g/mol. The van der Waals surface area contributed by atoms with E-state index >= 15 is 0 Å². The summed E-state index contributed by atoms with van der Waals surface area (Å²) in [6.07, 6.45) is 5.50. The molecule has 2 nitrogen and oxygen atoms in total. The maximum Gasteiger partial charge on any atom is 0.130 e. The number of aromatic nitrogens is 1. The molecule has 146 valence electrons. The summed E-state index contributed by atoms with van der Waals surface area (Å²) in [6.45, 7) is 18.4. The van der Waals surface area contributed by atoms with E-state index in [1.165, 1.54) is 22.3 Å². The molecule has 0 N–H and O–H groups in total. The van der Waals surface area contributed by atoms with Gasteiger partial charge in [-0.3, -0.25) is 4.98 Å². The largest absolute Gasteiger partial charge is 0.487 e. The van der Waals surface area contributed by atoms with Gasteiger partial charge in [0, 0.05) is 18.2 Å². The van der Waals surface area contributed by atoms with E-state index in [1.807, 2.05) is 24.4 Å². The molecule has 0 aliphatic heterocycles. The van der Waals surface area contributed by atoms with Crippen molar-refractivity contribution in [3.8, 4) is 5.75 Å². The van der Waals surface area contributed by atoms with Gasteiger partial charge in [-0.15, -0.1) is 0 Å². The van der Waals surface area contributed by atoms with Crippen molar-refractivity contribution in [2.75, 3.05) is 0 Å². The van der Waals surface area contributed by atoms with Crippen LogP contribution in [0.1, 0.15) is 101 Å². The summed E-state index contributed by atoms with van der Waals surface area (Å²) < 4.78 is 6.44. The van der Waals surface area contributed by atoms with E-state index in [4.69, 9.17) is 4.74 Å². The Morgan fingerprint density at radius 2 is 1.56 bits per heavy atom. The van der Waals surface area contributed by atoms with E-state index in [0.717, 1.165) is 11.4 Å². The van der Waals surface area contributed by atoms with Gasteiger partial charge >= 0.3 is 0 Å². The third-order valence-corrected chi connectivity index (χ3v) is 4.70. The lowest BCUT2D eigenvalue weighted by Gasteiger charge is -2.28. The van der Waals surface area contributed by atoms with Crippen molar-refractivity contribution in [1.82, 2.24) is 4.98 Å². The minimum atomic E-state index is 0.382. The fraction of sp³-hybridized carbons (Fsp3) is 0.520. The SMILES string of the molecule is CC(C)[C]c1cc(C(C)C)c(OCc2ccccn2)c(C(C)C)c1C(C)C. The molecule has 2 rings (SSSR count). The lowest BCUT2D eigenvalue weighted by molar-refractivity contribution is 0.292. The van der Waals surface area contributed by atoms with Gasteiger partial charge in [-0.05, 0) is 52.5 Å². The van der Waals surface area contributed by atoms with Crippen molar-refractivity contribution in [2.45, 2.75) is 79.8 Å². The van der Waals surface area contributed by atoms with Crippen LogP contribution in [0.5, 0.6) is 5.75 Å². The molecule has 27 heavy (non-hydrogen) atoms. The molecular formula is C25H35NO. The maximum absolute atomic E-state index is 6.44. The van der Waals surface area contributed by atoms with Gasteiger partial charge < -0.3 is 4.74 Å². The molecule has 0 bridgehead atoms. The van der Waals surface area contributed by atoms with Crippen LogP contribution in [0.15, 0.2) is 30.5 Å². The second-order valence-corrected chi connectivity index (χ2v) is 8.54. The van der Waals surface area contributed by atoms with E-state index in [-0.39, 0.29) is 0 Å². The summed E-state index contributed by atoms with van der Waals surface area (Å²) in [5.41, 5.74) is 6.17. The van der Waals surface area contributed by atoms with Crippen LogP contribution in [-0.2, 0) is 6.61 Å². The first-order valence-corrected chi connectivity index (χ1v) is 10.2. The molecule has 0 atom stereocenters. The summed E-state index contributed by atoms with van der Waals surface area (Å²) in [7, 11) is 0. The molecule has 2 aromatic rings. The predicted octanol–water partition coefficient (Wildman–Crippen LogP) is 7.12. The molecule has 0 spiro atoms. The lowest BCUT2D eigenvalue weighted by atomic mass is 9.80. The van der Waals surface area contributed by atoms with Crippen LogP contribution < -0.4 is 4.74 Å². The number of nitrogens with zero attached hydrogens (tertiary/aromatic N) is 1. The highest BCUT2D eigenvalue weighted by Gasteiger charge is 2.25. The normalized spacial score (nSPS) is 11.9. The Hall–Kier alpha value is -1.83. The predicted molar refractivity (Wildman–Crippen MR) is 114 cm³/mol. The molecule has 1 heterocycles. The molecule has 2 radical (unpaired) electrons. The summed E-state index contributed by atoms with van der Waals surface area (Å²) in [5, 5.41) is 0. The quantitative estimate of drug-likeness (QED) is 0.497. The molecule has 1 aromatic heterocycles. The summed E-state index contributed by atoms with van der Waals surface area (Å²) in [6, 6.07) is 8.27. The first-order valence-electron chi connectivity index (χ1n) is 10.2. The van der Waals surface area contributed by atoms with E-state index in [2.05, 4.69) is 72.9 Å². The third-order valence-electron chi connectivity index (χ3n) is 4.70. The Balaban J connectivity index is 2.62. The zero-order chi connectivity index (χ0) is 20.1. The minimum absolute atomic E-state index is 0.382. The van der Waals surface area contributed by atoms with Crippen LogP contribution in [0.3, 0.4) is 0 Å². The van der Waals surface area contributed by atoms with Gasteiger partial charge in [0.2, 0.25) is 0 Å². The third kappa shape index (κ3) is 5.34. The summed E-state index contributed by atoms with van der Waals surface area (Å²) in [5.74, 6) is 2.62. The Bertz CT molecular complexity index is 730.